The van der Waals surface area contributed by atoms with Crippen LogP contribution in [0.3, 0.4) is 0 Å². The first kappa shape index (κ1) is 27.2. The van der Waals surface area contributed by atoms with Crippen LogP contribution >= 0.6 is 0 Å². The summed E-state index contributed by atoms with van der Waals surface area (Å²) in [5, 5.41) is 2.84. The molecule has 2 aromatic rings. The zero-order valence-electron chi connectivity index (χ0n) is 19.8. The van der Waals surface area contributed by atoms with E-state index >= 15 is 0 Å². The van der Waals surface area contributed by atoms with Gasteiger partial charge < -0.3 is 10.2 Å². The number of halogens is 2. The lowest BCUT2D eigenvalue weighted by Crippen LogP contribution is -2.53. The van der Waals surface area contributed by atoms with Gasteiger partial charge in [0.15, 0.2) is 11.6 Å². The van der Waals surface area contributed by atoms with Crippen LogP contribution in [0.25, 0.3) is 0 Å². The molecule has 34 heavy (non-hydrogen) atoms. The lowest BCUT2D eigenvalue weighted by Gasteiger charge is -2.32. The first-order valence-corrected chi connectivity index (χ1v) is 12.8. The number of rotatable bonds is 11. The van der Waals surface area contributed by atoms with Gasteiger partial charge in [-0.3, -0.25) is 13.9 Å². The van der Waals surface area contributed by atoms with Crippen molar-refractivity contribution in [1.82, 2.24) is 10.2 Å². The summed E-state index contributed by atoms with van der Waals surface area (Å²) in [7, 11) is -4.02. The number of amides is 2. The fraction of sp³-hybridized carbons (Fsp3) is 0.417. The number of sulfonamides is 1. The van der Waals surface area contributed by atoms with Gasteiger partial charge in [0, 0.05) is 18.7 Å². The minimum Gasteiger partial charge on any atom is -0.352 e. The van der Waals surface area contributed by atoms with Crippen molar-refractivity contribution < 1.29 is 26.8 Å². The van der Waals surface area contributed by atoms with Crippen LogP contribution in [0.4, 0.5) is 14.5 Å². The molecule has 1 N–H and O–H groups in total. The second kappa shape index (κ2) is 11.9. The summed E-state index contributed by atoms with van der Waals surface area (Å²) in [5.41, 5.74) is 0.755. The molecule has 2 rings (SSSR count). The molecule has 186 valence electrons. The summed E-state index contributed by atoms with van der Waals surface area (Å²) in [5.74, 6) is -3.38. The van der Waals surface area contributed by atoms with E-state index in [2.05, 4.69) is 5.32 Å². The fourth-order valence-electron chi connectivity index (χ4n) is 3.29. The Kier molecular flexibility index (Phi) is 9.55. The molecule has 10 heteroatoms. The van der Waals surface area contributed by atoms with Gasteiger partial charge in [0.2, 0.25) is 21.8 Å². The third kappa shape index (κ3) is 7.51. The predicted molar refractivity (Wildman–Crippen MR) is 128 cm³/mol. The highest BCUT2D eigenvalue weighted by atomic mass is 32.2. The topological polar surface area (TPSA) is 86.8 Å². The molecule has 2 amide bonds. The van der Waals surface area contributed by atoms with E-state index in [9.17, 15) is 26.8 Å². The molecule has 0 aliphatic rings. The molecule has 0 saturated heterocycles. The second-order valence-corrected chi connectivity index (χ2v) is 10.1. The molecule has 2 atom stereocenters. The fourth-order valence-corrected chi connectivity index (χ4v) is 4.13. The van der Waals surface area contributed by atoms with Crippen LogP contribution < -0.4 is 9.62 Å². The van der Waals surface area contributed by atoms with Gasteiger partial charge in [-0.1, -0.05) is 37.3 Å². The van der Waals surface area contributed by atoms with Crippen molar-refractivity contribution in [2.45, 2.75) is 45.7 Å². The Morgan fingerprint density at radius 3 is 2.24 bits per heavy atom. The van der Waals surface area contributed by atoms with Gasteiger partial charge in [0.05, 0.1) is 11.9 Å². The number of carbonyl (C=O) groups is 2. The number of benzene rings is 2. The van der Waals surface area contributed by atoms with Crippen LogP contribution in [0.2, 0.25) is 0 Å². The Bertz CT molecular complexity index is 1100. The Hall–Kier alpha value is -3.01. The molecule has 0 bridgehead atoms. The summed E-state index contributed by atoms with van der Waals surface area (Å²) in [6, 6.07) is 11.0. The highest BCUT2D eigenvalue weighted by molar-refractivity contribution is 7.92. The van der Waals surface area contributed by atoms with Crippen LogP contribution in [0.15, 0.2) is 48.5 Å². The minimum atomic E-state index is -4.02. The highest BCUT2D eigenvalue weighted by Crippen LogP contribution is 2.21. The molecular weight excluding hydrogens is 464 g/mol. The molecule has 0 spiro atoms. The summed E-state index contributed by atoms with van der Waals surface area (Å²) < 4.78 is 52.7. The number of hydrogen-bond acceptors (Lipinski definition) is 4. The molecular formula is C24H31F2N3O4S. The first-order valence-electron chi connectivity index (χ1n) is 11.0. The summed E-state index contributed by atoms with van der Waals surface area (Å²) in [4.78, 5) is 27.4. The molecule has 0 aliphatic carbocycles. The van der Waals surface area contributed by atoms with Crippen molar-refractivity contribution in [3.8, 4) is 0 Å². The molecule has 0 aromatic heterocycles. The number of carbonyl (C=O) groups excluding carboxylic acids is 2. The van der Waals surface area contributed by atoms with Crippen LogP contribution in [0.5, 0.6) is 0 Å². The van der Waals surface area contributed by atoms with Crippen molar-refractivity contribution in [1.29, 1.82) is 0 Å². The Morgan fingerprint density at radius 1 is 1.03 bits per heavy atom. The minimum absolute atomic E-state index is 0.101. The van der Waals surface area contributed by atoms with E-state index in [1.165, 1.54) is 4.90 Å². The largest absolute Gasteiger partial charge is 0.352 e. The van der Waals surface area contributed by atoms with Crippen molar-refractivity contribution in [3.05, 3.63) is 65.7 Å². The van der Waals surface area contributed by atoms with Crippen LogP contribution in [-0.2, 0) is 26.0 Å². The van der Waals surface area contributed by atoms with Gasteiger partial charge in [0.1, 0.15) is 12.6 Å². The van der Waals surface area contributed by atoms with E-state index < -0.39 is 40.2 Å². The number of anilines is 1. The lowest BCUT2D eigenvalue weighted by molar-refractivity contribution is -0.139. The third-order valence-corrected chi connectivity index (χ3v) is 6.66. The Balaban J connectivity index is 2.33. The SMILES string of the molecule is CC[C@@H](C)NC(=O)[C@@H](C)N(CCc1ccccc1)C(=O)CN(c1ccc(F)c(F)c1)S(C)(=O)=O. The van der Waals surface area contributed by atoms with Gasteiger partial charge in [-0.05, 0) is 44.4 Å². The van der Waals surface area contributed by atoms with Gasteiger partial charge >= 0.3 is 0 Å². The molecule has 2 aromatic carbocycles. The van der Waals surface area contributed by atoms with E-state index in [1.54, 1.807) is 6.92 Å². The number of hydrogen-bond donors (Lipinski definition) is 1. The maximum atomic E-state index is 13.8. The molecule has 0 unspecified atom stereocenters. The summed E-state index contributed by atoms with van der Waals surface area (Å²) in [6.07, 6.45) is 2.01. The quantitative estimate of drug-likeness (QED) is 0.519. The second-order valence-electron chi connectivity index (χ2n) is 8.18. The molecule has 0 aliphatic heterocycles. The van der Waals surface area contributed by atoms with Crippen molar-refractivity contribution in [3.63, 3.8) is 0 Å². The zero-order valence-corrected chi connectivity index (χ0v) is 20.6. The van der Waals surface area contributed by atoms with Crippen LogP contribution in [0, 0.1) is 11.6 Å². The molecule has 0 radical (unpaired) electrons. The van der Waals surface area contributed by atoms with Crippen molar-refractivity contribution >= 4 is 27.5 Å². The van der Waals surface area contributed by atoms with Gasteiger partial charge in [-0.15, -0.1) is 0 Å². The van der Waals surface area contributed by atoms with E-state index in [0.29, 0.717) is 17.1 Å². The van der Waals surface area contributed by atoms with E-state index in [0.717, 1.165) is 30.0 Å². The zero-order chi connectivity index (χ0) is 25.5. The maximum Gasteiger partial charge on any atom is 0.244 e. The van der Waals surface area contributed by atoms with Gasteiger partial charge in [0.25, 0.3) is 0 Å². The first-order chi connectivity index (χ1) is 15.9. The van der Waals surface area contributed by atoms with Crippen molar-refractivity contribution in [2.75, 3.05) is 23.7 Å². The van der Waals surface area contributed by atoms with Crippen molar-refractivity contribution in [2.24, 2.45) is 0 Å². The van der Waals surface area contributed by atoms with E-state index in [-0.39, 0.29) is 24.2 Å². The van der Waals surface area contributed by atoms with E-state index in [4.69, 9.17) is 0 Å². The Labute approximate surface area is 199 Å². The predicted octanol–water partition coefficient (Wildman–Crippen LogP) is 3.11. The van der Waals surface area contributed by atoms with Crippen LogP contribution in [0.1, 0.15) is 32.8 Å². The molecule has 7 nitrogen and oxygen atoms in total. The summed E-state index contributed by atoms with van der Waals surface area (Å²) >= 11 is 0. The van der Waals surface area contributed by atoms with Gasteiger partial charge in [-0.2, -0.15) is 0 Å². The number of nitrogens with one attached hydrogen (secondary N) is 1. The third-order valence-electron chi connectivity index (χ3n) is 5.52. The summed E-state index contributed by atoms with van der Waals surface area (Å²) in [6.45, 7) is 4.82. The monoisotopic (exact) mass is 495 g/mol. The maximum absolute atomic E-state index is 13.8. The lowest BCUT2D eigenvalue weighted by atomic mass is 10.1. The Morgan fingerprint density at radius 2 is 1.68 bits per heavy atom. The standard InChI is InChI=1S/C24H31F2N3O4S/c1-5-17(2)27-24(31)18(3)28(14-13-19-9-7-6-8-10-19)23(30)16-29(34(4,32)33)20-11-12-21(25)22(26)15-20/h6-12,15,17-18H,5,13-14,16H2,1-4H3,(H,27,31)/t17-,18-/m1/s1. The smallest absolute Gasteiger partial charge is 0.244 e. The number of nitrogens with zero attached hydrogens (tertiary/aromatic N) is 2. The highest BCUT2D eigenvalue weighted by Gasteiger charge is 2.30. The average Bonchev–Trinajstić information content (AvgIpc) is 2.79. The van der Waals surface area contributed by atoms with Crippen LogP contribution in [-0.4, -0.2) is 56.6 Å². The molecule has 0 heterocycles. The normalized spacial score (nSPS) is 13.1. The average molecular weight is 496 g/mol. The van der Waals surface area contributed by atoms with E-state index in [1.807, 2.05) is 44.2 Å². The molecule has 0 saturated carbocycles. The van der Waals surface area contributed by atoms with Gasteiger partial charge in [-0.25, -0.2) is 17.2 Å². The molecule has 0 fully saturated rings.